The first-order valence-electron chi connectivity index (χ1n) is 1.67. The van der Waals surface area contributed by atoms with E-state index in [1.165, 1.54) is 5.43 Å². The van der Waals surface area contributed by atoms with E-state index in [1.807, 2.05) is 0 Å². The van der Waals surface area contributed by atoms with Crippen LogP contribution in [0.2, 0.25) is 0 Å². The maximum Gasteiger partial charge on any atom is 0.423 e. The molecule has 0 rings (SSSR count). The highest BCUT2D eigenvalue weighted by Gasteiger charge is 1.92. The van der Waals surface area contributed by atoms with Gasteiger partial charge in [0.25, 0.3) is 0 Å². The molecule has 0 bridgehead atoms. The zero-order valence-electron chi connectivity index (χ0n) is 3.84. The Kier molecular flexibility index (Phi) is 2.18. The number of carboxylic acid groups (broad SMARTS) is 1. The van der Waals surface area contributed by atoms with Crippen molar-refractivity contribution in [2.75, 3.05) is 0 Å². The number of hydrogen-bond donors (Lipinski definition) is 4. The van der Waals surface area contributed by atoms with Gasteiger partial charge in [-0.05, 0) is 0 Å². The summed E-state index contributed by atoms with van der Waals surface area (Å²) in [5.74, 6) is 0. The highest BCUT2D eigenvalue weighted by Crippen LogP contribution is 1.52. The number of hydrazine groups is 1. The minimum Gasteiger partial charge on any atom is -0.464 e. The predicted octanol–water partition coefficient (Wildman–Crippen LogP) is -1.16. The standard InChI is InChI=1S/C2H5N3O3/c3-1(6)4-5-2(7)8/h5H,(H,7,8)(H3,3,4,6). The maximum atomic E-state index is 9.69. The van der Waals surface area contributed by atoms with Crippen molar-refractivity contribution in [2.24, 2.45) is 5.73 Å². The van der Waals surface area contributed by atoms with Gasteiger partial charge in [-0.2, -0.15) is 0 Å². The van der Waals surface area contributed by atoms with E-state index in [2.05, 4.69) is 5.73 Å². The summed E-state index contributed by atoms with van der Waals surface area (Å²) >= 11 is 0. The van der Waals surface area contributed by atoms with Crippen molar-refractivity contribution in [1.82, 2.24) is 10.9 Å². The lowest BCUT2D eigenvalue weighted by atomic mass is 11.1. The molecule has 0 spiro atoms. The third kappa shape index (κ3) is 4.54. The number of nitrogens with two attached hydrogens (primary N) is 1. The smallest absolute Gasteiger partial charge is 0.423 e. The van der Waals surface area contributed by atoms with Gasteiger partial charge in [-0.15, -0.1) is 0 Å². The normalized spacial score (nSPS) is 7.50. The van der Waals surface area contributed by atoms with Gasteiger partial charge in [0.2, 0.25) is 0 Å². The first kappa shape index (κ1) is 6.54. The van der Waals surface area contributed by atoms with Crippen molar-refractivity contribution >= 4 is 12.1 Å². The topological polar surface area (TPSA) is 104 Å². The Hall–Kier alpha value is -1.46. The third-order valence-corrected chi connectivity index (χ3v) is 0.293. The predicted molar refractivity (Wildman–Crippen MR) is 23.9 cm³/mol. The van der Waals surface area contributed by atoms with Gasteiger partial charge in [-0.25, -0.2) is 20.4 Å². The molecule has 0 atom stereocenters. The van der Waals surface area contributed by atoms with Gasteiger partial charge in [0, 0.05) is 0 Å². The van der Waals surface area contributed by atoms with Crippen LogP contribution in [0.25, 0.3) is 0 Å². The summed E-state index contributed by atoms with van der Waals surface area (Å²) in [6, 6.07) is -0.938. The highest BCUT2D eigenvalue weighted by molar-refractivity contribution is 5.75. The molecule has 0 unspecified atom stereocenters. The van der Waals surface area contributed by atoms with Gasteiger partial charge >= 0.3 is 12.1 Å². The number of carbonyl (C=O) groups is 2. The molecule has 0 aliphatic carbocycles. The molecule has 5 N–H and O–H groups in total. The average molecular weight is 119 g/mol. The van der Waals surface area contributed by atoms with Crippen molar-refractivity contribution in [3.8, 4) is 0 Å². The number of nitrogens with one attached hydrogen (secondary N) is 2. The molecule has 0 aromatic rings. The first-order valence-corrected chi connectivity index (χ1v) is 1.67. The maximum absolute atomic E-state index is 9.69. The second kappa shape index (κ2) is 2.67. The number of primary amides is 1. The summed E-state index contributed by atoms with van der Waals surface area (Å²) in [6.45, 7) is 0. The van der Waals surface area contributed by atoms with Crippen molar-refractivity contribution in [2.45, 2.75) is 0 Å². The molecule has 46 valence electrons. The number of carbonyl (C=O) groups excluding carboxylic acids is 1. The van der Waals surface area contributed by atoms with E-state index in [0.717, 1.165) is 0 Å². The van der Waals surface area contributed by atoms with Crippen LogP contribution in [0.3, 0.4) is 0 Å². The van der Waals surface area contributed by atoms with Gasteiger partial charge < -0.3 is 10.8 Å². The molecular formula is C2H5N3O3. The minimum absolute atomic E-state index is 0.938. The van der Waals surface area contributed by atoms with Crippen molar-refractivity contribution < 1.29 is 14.7 Å². The monoisotopic (exact) mass is 119 g/mol. The number of rotatable bonds is 0. The van der Waals surface area contributed by atoms with Crippen LogP contribution in [0.1, 0.15) is 0 Å². The SMILES string of the molecule is NC(=O)NNC(=O)O. The molecule has 0 heterocycles. The lowest BCUT2D eigenvalue weighted by Crippen LogP contribution is -2.43. The second-order valence-corrected chi connectivity index (χ2v) is 0.919. The van der Waals surface area contributed by atoms with Crippen LogP contribution in [0, 0.1) is 0 Å². The summed E-state index contributed by atoms with van der Waals surface area (Å²) in [4.78, 5) is 19.2. The van der Waals surface area contributed by atoms with Crippen LogP contribution in [-0.2, 0) is 0 Å². The molecule has 0 saturated heterocycles. The lowest BCUT2D eigenvalue weighted by molar-refractivity contribution is 0.188. The molecule has 0 saturated carbocycles. The van der Waals surface area contributed by atoms with Gasteiger partial charge in [0.1, 0.15) is 0 Å². The Morgan fingerprint density at radius 3 is 2.00 bits per heavy atom. The van der Waals surface area contributed by atoms with Crippen LogP contribution in [0.4, 0.5) is 9.59 Å². The molecule has 0 radical (unpaired) electrons. The summed E-state index contributed by atoms with van der Waals surface area (Å²) in [5.41, 5.74) is 7.64. The number of hydrogen-bond acceptors (Lipinski definition) is 2. The molecule has 0 fully saturated rings. The van der Waals surface area contributed by atoms with Gasteiger partial charge in [-0.1, -0.05) is 0 Å². The van der Waals surface area contributed by atoms with Crippen LogP contribution in [-0.4, -0.2) is 17.2 Å². The second-order valence-electron chi connectivity index (χ2n) is 0.919. The van der Waals surface area contributed by atoms with E-state index in [9.17, 15) is 9.59 Å². The van der Waals surface area contributed by atoms with Crippen LogP contribution in [0.5, 0.6) is 0 Å². The minimum atomic E-state index is -1.36. The average Bonchev–Trinajstić information content (AvgIpc) is 1.61. The molecular weight excluding hydrogens is 114 g/mol. The van der Waals surface area contributed by atoms with Crippen molar-refractivity contribution in [3.05, 3.63) is 0 Å². The molecule has 3 amide bonds. The molecule has 8 heavy (non-hydrogen) atoms. The Morgan fingerprint density at radius 1 is 1.38 bits per heavy atom. The van der Waals surface area contributed by atoms with E-state index in [-0.39, 0.29) is 0 Å². The summed E-state index contributed by atoms with van der Waals surface area (Å²) in [7, 11) is 0. The quantitative estimate of drug-likeness (QED) is 0.302. The fourth-order valence-electron chi connectivity index (χ4n) is 0.115. The van der Waals surface area contributed by atoms with Gasteiger partial charge in [0.15, 0.2) is 0 Å². The molecule has 0 aromatic carbocycles. The summed E-state index contributed by atoms with van der Waals surface area (Å²) in [6.07, 6.45) is -1.36. The summed E-state index contributed by atoms with van der Waals surface area (Å²) < 4.78 is 0. The van der Waals surface area contributed by atoms with E-state index in [4.69, 9.17) is 5.11 Å². The van der Waals surface area contributed by atoms with Gasteiger partial charge in [-0.3, -0.25) is 0 Å². The fourth-order valence-corrected chi connectivity index (χ4v) is 0.115. The van der Waals surface area contributed by atoms with E-state index >= 15 is 0 Å². The Bertz CT molecular complexity index is 97.1. The van der Waals surface area contributed by atoms with Crippen molar-refractivity contribution in [1.29, 1.82) is 0 Å². The largest absolute Gasteiger partial charge is 0.464 e. The van der Waals surface area contributed by atoms with Crippen molar-refractivity contribution in [3.63, 3.8) is 0 Å². The molecule has 6 heteroatoms. The molecule has 0 aliphatic heterocycles. The van der Waals surface area contributed by atoms with Crippen LogP contribution in [0.15, 0.2) is 0 Å². The lowest BCUT2D eigenvalue weighted by Gasteiger charge is -1.95. The zero-order chi connectivity index (χ0) is 6.57. The third-order valence-electron chi connectivity index (χ3n) is 0.293. The first-order chi connectivity index (χ1) is 3.63. The highest BCUT2D eigenvalue weighted by atomic mass is 16.4. The van der Waals surface area contributed by atoms with Crippen LogP contribution >= 0.6 is 0 Å². The summed E-state index contributed by atoms with van der Waals surface area (Å²) in [5, 5.41) is 7.78. The molecule has 0 aromatic heterocycles. The Balaban J connectivity index is 3.18. The Morgan fingerprint density at radius 2 is 1.88 bits per heavy atom. The van der Waals surface area contributed by atoms with E-state index < -0.39 is 12.1 Å². The van der Waals surface area contributed by atoms with Crippen LogP contribution < -0.4 is 16.6 Å². The number of urea groups is 1. The zero-order valence-corrected chi connectivity index (χ0v) is 3.84. The van der Waals surface area contributed by atoms with E-state index in [1.54, 1.807) is 5.43 Å². The Labute approximate surface area is 44.6 Å². The molecule has 0 aliphatic rings. The number of amides is 3. The van der Waals surface area contributed by atoms with Gasteiger partial charge in [0.05, 0.1) is 0 Å². The fraction of sp³-hybridized carbons (Fsp3) is 0. The molecule has 6 nitrogen and oxygen atoms in total. The van der Waals surface area contributed by atoms with E-state index in [0.29, 0.717) is 0 Å².